The number of rotatable bonds is 6. The average molecular weight is 492 g/mol. The Morgan fingerprint density at radius 2 is 1.89 bits per heavy atom. The zero-order valence-corrected chi connectivity index (χ0v) is 20.3. The summed E-state index contributed by atoms with van der Waals surface area (Å²) in [7, 11) is 1.88. The van der Waals surface area contributed by atoms with Crippen LogP contribution < -0.4 is 15.5 Å². The van der Waals surface area contributed by atoms with Crippen LogP contribution in [0.25, 0.3) is 21.6 Å². The van der Waals surface area contributed by atoms with E-state index in [-0.39, 0.29) is 0 Å². The number of thiophene rings is 1. The summed E-state index contributed by atoms with van der Waals surface area (Å²) in [5.41, 5.74) is 8.61. The van der Waals surface area contributed by atoms with Crippen LogP contribution in [0.15, 0.2) is 42.7 Å². The number of esters is 1. The summed E-state index contributed by atoms with van der Waals surface area (Å²) in [6.45, 7) is 4.88. The number of nitrogens with zero attached hydrogens (tertiary/aromatic N) is 6. The van der Waals surface area contributed by atoms with Crippen molar-refractivity contribution in [2.75, 3.05) is 55.5 Å². The minimum atomic E-state index is -0.441. The molecule has 0 atom stereocenters. The van der Waals surface area contributed by atoms with E-state index in [2.05, 4.69) is 14.9 Å². The van der Waals surface area contributed by atoms with Crippen molar-refractivity contribution in [3.8, 4) is 11.4 Å². The van der Waals surface area contributed by atoms with Crippen LogP contribution >= 0.6 is 11.3 Å². The maximum Gasteiger partial charge on any atom is 0.341 e. The number of carbonyl (C=O) groups is 1. The van der Waals surface area contributed by atoms with Gasteiger partial charge in [0.05, 0.1) is 35.6 Å². The molecule has 0 bridgehead atoms. The highest BCUT2D eigenvalue weighted by molar-refractivity contribution is 7.23. The lowest BCUT2D eigenvalue weighted by molar-refractivity contribution is 0.0525. The van der Waals surface area contributed by atoms with Gasteiger partial charge in [-0.15, -0.1) is 11.3 Å². The molecule has 3 aromatic heterocycles. The summed E-state index contributed by atoms with van der Waals surface area (Å²) in [5.74, 6) is 1.54. The van der Waals surface area contributed by atoms with Gasteiger partial charge < -0.3 is 25.0 Å². The van der Waals surface area contributed by atoms with E-state index in [0.29, 0.717) is 42.8 Å². The van der Waals surface area contributed by atoms with Crippen molar-refractivity contribution >= 4 is 50.0 Å². The Morgan fingerprint density at radius 3 is 2.57 bits per heavy atom. The Balaban J connectivity index is 1.53. The van der Waals surface area contributed by atoms with Gasteiger partial charge in [-0.2, -0.15) is 0 Å². The van der Waals surface area contributed by atoms with Crippen LogP contribution in [0.2, 0.25) is 0 Å². The van der Waals surface area contributed by atoms with E-state index < -0.39 is 5.97 Å². The van der Waals surface area contributed by atoms with Crippen molar-refractivity contribution in [3.63, 3.8) is 0 Å². The Hall–Kier alpha value is -3.83. The smallest absolute Gasteiger partial charge is 0.341 e. The summed E-state index contributed by atoms with van der Waals surface area (Å²) >= 11 is 1.57. The molecule has 10 nitrogen and oxygen atoms in total. The summed E-state index contributed by atoms with van der Waals surface area (Å²) in [5, 5.41) is 0.905. The molecule has 35 heavy (non-hydrogen) atoms. The lowest BCUT2D eigenvalue weighted by atomic mass is 10.2. The number of nitrogen functional groups attached to an aromatic ring is 1. The molecule has 0 saturated carbocycles. The molecule has 4 heterocycles. The fourth-order valence-electron chi connectivity index (χ4n) is 3.73. The molecule has 11 heteroatoms. The fourth-order valence-corrected chi connectivity index (χ4v) is 4.80. The second-order valence-corrected chi connectivity index (χ2v) is 8.97. The van der Waals surface area contributed by atoms with E-state index in [1.807, 2.05) is 42.3 Å². The molecule has 1 aromatic carbocycles. The summed E-state index contributed by atoms with van der Waals surface area (Å²) in [4.78, 5) is 34.5. The molecule has 1 aliphatic rings. The van der Waals surface area contributed by atoms with Gasteiger partial charge in [0, 0.05) is 43.8 Å². The number of carbonyl (C=O) groups excluding carboxylic acids is 1. The second-order valence-electron chi connectivity index (χ2n) is 7.94. The highest BCUT2D eigenvalue weighted by atomic mass is 32.1. The van der Waals surface area contributed by atoms with Gasteiger partial charge in [-0.3, -0.25) is 0 Å². The van der Waals surface area contributed by atoms with E-state index >= 15 is 0 Å². The quantitative estimate of drug-likeness (QED) is 0.317. The van der Waals surface area contributed by atoms with Crippen LogP contribution in [-0.2, 0) is 9.47 Å². The molecule has 1 aliphatic heterocycles. The number of aromatic nitrogens is 4. The van der Waals surface area contributed by atoms with Crippen molar-refractivity contribution in [1.29, 1.82) is 0 Å². The van der Waals surface area contributed by atoms with Gasteiger partial charge in [0.2, 0.25) is 5.95 Å². The van der Waals surface area contributed by atoms with E-state index in [4.69, 9.17) is 25.2 Å². The minimum absolute atomic E-state index is 0.299. The molecular formula is C24H25N7O3S. The predicted molar refractivity (Wildman–Crippen MR) is 136 cm³/mol. The number of benzene rings is 1. The molecule has 0 aliphatic carbocycles. The van der Waals surface area contributed by atoms with E-state index in [9.17, 15) is 4.79 Å². The monoisotopic (exact) mass is 491 g/mol. The number of fused-ring (bicyclic) bond motifs is 1. The van der Waals surface area contributed by atoms with Crippen molar-refractivity contribution < 1.29 is 14.3 Å². The van der Waals surface area contributed by atoms with E-state index in [1.54, 1.807) is 18.3 Å². The summed E-state index contributed by atoms with van der Waals surface area (Å²) in [6.07, 6.45) is 2.95. The molecule has 1 fully saturated rings. The molecule has 0 spiro atoms. The molecule has 0 amide bonds. The molecule has 2 N–H and O–H groups in total. The molecule has 0 unspecified atom stereocenters. The maximum atomic E-state index is 11.9. The van der Waals surface area contributed by atoms with Crippen molar-refractivity contribution in [3.05, 3.63) is 48.3 Å². The number of hydrogen-bond donors (Lipinski definition) is 1. The predicted octanol–water partition coefficient (Wildman–Crippen LogP) is 3.51. The lowest BCUT2D eigenvalue weighted by Gasteiger charge is -2.28. The standard InChI is InChI=1S/C24H25N7O3S/c1-3-34-23(32)16-13-26-24(27-14-16)30(2)19-12-18-20(35-19)22(31-8-10-33-11-9-31)29-21(28-18)15-4-6-17(25)7-5-15/h4-7,12-14H,3,8-11,25H2,1-2H3. The lowest BCUT2D eigenvalue weighted by Crippen LogP contribution is -2.36. The van der Waals surface area contributed by atoms with Crippen LogP contribution in [0.3, 0.4) is 0 Å². The molecule has 0 radical (unpaired) electrons. The topological polar surface area (TPSA) is 120 Å². The van der Waals surface area contributed by atoms with Crippen molar-refractivity contribution in [1.82, 2.24) is 19.9 Å². The number of ether oxygens (including phenoxy) is 2. The zero-order chi connectivity index (χ0) is 24.4. The van der Waals surface area contributed by atoms with Crippen LogP contribution in [0.1, 0.15) is 17.3 Å². The van der Waals surface area contributed by atoms with Gasteiger partial charge in [0.25, 0.3) is 0 Å². The van der Waals surface area contributed by atoms with E-state index in [0.717, 1.165) is 39.7 Å². The Kier molecular flexibility index (Phi) is 6.43. The minimum Gasteiger partial charge on any atom is -0.462 e. The Morgan fingerprint density at radius 1 is 1.17 bits per heavy atom. The first-order valence-electron chi connectivity index (χ1n) is 11.3. The van der Waals surface area contributed by atoms with Gasteiger partial charge in [-0.1, -0.05) is 0 Å². The van der Waals surface area contributed by atoms with Crippen molar-refractivity contribution in [2.24, 2.45) is 0 Å². The highest BCUT2D eigenvalue weighted by Gasteiger charge is 2.22. The average Bonchev–Trinajstić information content (AvgIpc) is 3.33. The third-order valence-corrected chi connectivity index (χ3v) is 6.80. The SMILES string of the molecule is CCOC(=O)c1cnc(N(C)c2cc3nc(-c4ccc(N)cc4)nc(N4CCOCC4)c3s2)nc1. The van der Waals surface area contributed by atoms with Gasteiger partial charge in [0.15, 0.2) is 11.6 Å². The van der Waals surface area contributed by atoms with Crippen LogP contribution in [-0.4, -0.2) is 65.9 Å². The first kappa shape index (κ1) is 22.9. The second kappa shape index (κ2) is 9.80. The van der Waals surface area contributed by atoms with Crippen molar-refractivity contribution in [2.45, 2.75) is 6.92 Å². The summed E-state index contributed by atoms with van der Waals surface area (Å²) < 4.78 is 11.5. The van der Waals surface area contributed by atoms with Gasteiger partial charge in [-0.25, -0.2) is 24.7 Å². The summed E-state index contributed by atoms with van der Waals surface area (Å²) in [6, 6.07) is 9.56. The third kappa shape index (κ3) is 4.73. The first-order chi connectivity index (χ1) is 17.0. The van der Waals surface area contributed by atoms with Crippen LogP contribution in [0.4, 0.5) is 22.5 Å². The Bertz CT molecular complexity index is 1340. The maximum absolute atomic E-state index is 11.9. The van der Waals surface area contributed by atoms with Gasteiger partial charge in [-0.05, 0) is 37.3 Å². The molecule has 5 rings (SSSR count). The number of hydrogen-bond acceptors (Lipinski definition) is 11. The fraction of sp³-hybridized carbons (Fsp3) is 0.292. The molecule has 180 valence electrons. The van der Waals surface area contributed by atoms with Gasteiger partial charge >= 0.3 is 5.97 Å². The first-order valence-corrected chi connectivity index (χ1v) is 12.1. The molecule has 4 aromatic rings. The molecule has 1 saturated heterocycles. The largest absolute Gasteiger partial charge is 0.462 e. The van der Waals surface area contributed by atoms with Crippen LogP contribution in [0, 0.1) is 0 Å². The van der Waals surface area contributed by atoms with Gasteiger partial charge in [0.1, 0.15) is 5.00 Å². The normalized spacial score (nSPS) is 13.7. The number of morpholine rings is 1. The highest BCUT2D eigenvalue weighted by Crippen LogP contribution is 2.39. The number of anilines is 4. The number of nitrogens with two attached hydrogens (primary N) is 1. The van der Waals surface area contributed by atoms with Crippen LogP contribution in [0.5, 0.6) is 0 Å². The Labute approximate surface area is 206 Å². The zero-order valence-electron chi connectivity index (χ0n) is 19.5. The van der Waals surface area contributed by atoms with E-state index in [1.165, 1.54) is 12.4 Å². The molecular weight excluding hydrogens is 466 g/mol. The third-order valence-electron chi connectivity index (χ3n) is 5.60.